The van der Waals surface area contributed by atoms with Crippen LogP contribution in [0, 0.1) is 11.8 Å². The van der Waals surface area contributed by atoms with E-state index in [9.17, 15) is 18.0 Å². The van der Waals surface area contributed by atoms with E-state index in [1.54, 1.807) is 19.5 Å². The summed E-state index contributed by atoms with van der Waals surface area (Å²) in [5, 5.41) is 0. The lowest BCUT2D eigenvalue weighted by Crippen LogP contribution is -2.34. The molecule has 5 rings (SSSR count). The Labute approximate surface area is 226 Å². The zero-order valence-corrected chi connectivity index (χ0v) is 22.6. The summed E-state index contributed by atoms with van der Waals surface area (Å²) in [5.41, 5.74) is 7.60. The van der Waals surface area contributed by atoms with E-state index in [2.05, 4.69) is 39.6 Å². The van der Waals surface area contributed by atoms with E-state index in [0.29, 0.717) is 35.4 Å². The van der Waals surface area contributed by atoms with Crippen molar-refractivity contribution in [2.45, 2.75) is 58.2 Å². The molecule has 39 heavy (non-hydrogen) atoms. The van der Waals surface area contributed by atoms with Gasteiger partial charge in [-0.3, -0.25) is 29.9 Å². The van der Waals surface area contributed by atoms with Gasteiger partial charge in [-0.1, -0.05) is 19.9 Å². The maximum Gasteiger partial charge on any atom is 0.419 e. The van der Waals surface area contributed by atoms with Gasteiger partial charge in [0.2, 0.25) is 0 Å². The van der Waals surface area contributed by atoms with Crippen LogP contribution in [0.15, 0.2) is 46.4 Å². The van der Waals surface area contributed by atoms with Crippen LogP contribution in [-0.2, 0) is 12.7 Å². The largest absolute Gasteiger partial charge is 0.419 e. The molecule has 3 aromatic rings. The fourth-order valence-corrected chi connectivity index (χ4v) is 5.94. The molecule has 10 heteroatoms. The predicted molar refractivity (Wildman–Crippen MR) is 148 cm³/mol. The van der Waals surface area contributed by atoms with Crippen LogP contribution < -0.4 is 16.4 Å². The van der Waals surface area contributed by atoms with Crippen LogP contribution in [0.1, 0.15) is 62.1 Å². The minimum absolute atomic E-state index is 0.271. The van der Waals surface area contributed by atoms with Crippen molar-refractivity contribution in [1.29, 1.82) is 0 Å². The Bertz CT molecular complexity index is 1430. The molecule has 0 unspecified atom stereocenters. The first-order chi connectivity index (χ1) is 18.6. The fourth-order valence-electron chi connectivity index (χ4n) is 5.94. The van der Waals surface area contributed by atoms with Gasteiger partial charge in [-0.2, -0.15) is 13.2 Å². The monoisotopic (exact) mass is 540 g/mol. The number of alkyl halides is 3. The van der Waals surface area contributed by atoms with Gasteiger partial charge in [0.25, 0.3) is 5.56 Å². The molecule has 3 heterocycles. The van der Waals surface area contributed by atoms with Crippen LogP contribution in [0.4, 0.5) is 18.9 Å². The predicted octanol–water partition coefficient (Wildman–Crippen LogP) is 5.70. The number of benzene rings is 1. The molecule has 1 atom stereocenters. The summed E-state index contributed by atoms with van der Waals surface area (Å²) in [6.45, 7) is 6.38. The molecule has 1 saturated carbocycles. The Morgan fingerprint density at radius 2 is 1.97 bits per heavy atom. The summed E-state index contributed by atoms with van der Waals surface area (Å²) in [5.74, 6) is 1.44. The van der Waals surface area contributed by atoms with Gasteiger partial charge in [0, 0.05) is 32.5 Å². The highest BCUT2D eigenvalue weighted by molar-refractivity contribution is 5.70. The Balaban J connectivity index is 1.57. The van der Waals surface area contributed by atoms with E-state index in [0.717, 1.165) is 60.5 Å². The summed E-state index contributed by atoms with van der Waals surface area (Å²) in [6.07, 6.45) is 3.91. The van der Waals surface area contributed by atoms with Crippen molar-refractivity contribution < 1.29 is 13.2 Å². The third-order valence-electron chi connectivity index (χ3n) is 7.89. The number of aromatic nitrogens is 2. The van der Waals surface area contributed by atoms with Crippen molar-refractivity contribution in [3.63, 3.8) is 0 Å². The molecule has 1 aliphatic carbocycles. The first kappa shape index (κ1) is 27.2. The smallest absolute Gasteiger partial charge is 0.300 e. The number of aliphatic imine (C=N–C) groups is 1. The summed E-state index contributed by atoms with van der Waals surface area (Å²) < 4.78 is 43.4. The van der Waals surface area contributed by atoms with Gasteiger partial charge in [-0.05, 0) is 84.9 Å². The third kappa shape index (κ3) is 5.80. The van der Waals surface area contributed by atoms with Gasteiger partial charge < -0.3 is 0 Å². The number of anilines is 1. The van der Waals surface area contributed by atoms with Crippen LogP contribution >= 0.6 is 0 Å². The highest BCUT2D eigenvalue weighted by Gasteiger charge is 2.35. The number of nitrogens with one attached hydrogen (secondary N) is 2. The van der Waals surface area contributed by atoms with Crippen molar-refractivity contribution in [2.24, 2.45) is 16.8 Å². The van der Waals surface area contributed by atoms with E-state index in [1.807, 2.05) is 12.1 Å². The quantitative estimate of drug-likeness (QED) is 0.229. The Morgan fingerprint density at radius 1 is 1.18 bits per heavy atom. The zero-order valence-electron chi connectivity index (χ0n) is 22.6. The van der Waals surface area contributed by atoms with E-state index >= 15 is 0 Å². The number of nitrogens with zero attached hydrogens (tertiary/aromatic N) is 4. The molecule has 2 aromatic heterocycles. The lowest BCUT2D eigenvalue weighted by molar-refractivity contribution is -0.136. The van der Waals surface area contributed by atoms with E-state index in [-0.39, 0.29) is 11.2 Å². The normalized spacial score (nSPS) is 22.3. The van der Waals surface area contributed by atoms with Gasteiger partial charge in [-0.25, -0.2) is 4.98 Å². The maximum absolute atomic E-state index is 14.1. The fraction of sp³-hybridized carbons (Fsp3) is 0.483. The number of piperidine rings is 1. The van der Waals surface area contributed by atoms with E-state index in [1.165, 1.54) is 12.4 Å². The highest BCUT2D eigenvalue weighted by atomic mass is 19.4. The maximum atomic E-state index is 14.1. The second-order valence-electron chi connectivity index (χ2n) is 11.1. The molecular weight excluding hydrogens is 505 g/mol. The van der Waals surface area contributed by atoms with Gasteiger partial charge in [-0.15, -0.1) is 0 Å². The highest BCUT2D eigenvalue weighted by Crippen LogP contribution is 2.44. The Kier molecular flexibility index (Phi) is 7.66. The van der Waals surface area contributed by atoms with Gasteiger partial charge in [0.05, 0.1) is 16.8 Å². The molecule has 1 aromatic carbocycles. The Morgan fingerprint density at radius 3 is 2.67 bits per heavy atom. The van der Waals surface area contributed by atoms with Crippen molar-refractivity contribution >= 4 is 17.7 Å². The average Bonchev–Trinajstić information content (AvgIpc) is 2.87. The first-order valence-electron chi connectivity index (χ1n) is 13.5. The lowest BCUT2D eigenvalue weighted by Gasteiger charge is -2.34. The molecule has 1 aliphatic heterocycles. The van der Waals surface area contributed by atoms with Crippen molar-refractivity contribution in [1.82, 2.24) is 19.7 Å². The van der Waals surface area contributed by atoms with Crippen molar-refractivity contribution in [3.05, 3.63) is 63.7 Å². The van der Waals surface area contributed by atoms with Crippen LogP contribution in [0.5, 0.6) is 0 Å². The number of hydrazine groups is 1. The topological polar surface area (TPSA) is 74.0 Å². The molecule has 2 aliphatic rings. The molecule has 0 bridgehead atoms. The molecule has 0 spiro atoms. The molecular formula is C29H35F3N6O. The van der Waals surface area contributed by atoms with E-state index in [4.69, 9.17) is 0 Å². The number of halogens is 3. The first-order valence-corrected chi connectivity index (χ1v) is 13.5. The second kappa shape index (κ2) is 11.0. The van der Waals surface area contributed by atoms with E-state index < -0.39 is 17.3 Å². The SMILES string of the molecule is CN=CNNc1ccc(-c2cnc3c(C(F)(F)F)cc(CN4CCC[C@H](C)C4)cn3c2=O)cc1C1CC(C)C1. The van der Waals surface area contributed by atoms with Gasteiger partial charge >= 0.3 is 6.18 Å². The zero-order chi connectivity index (χ0) is 27.7. The van der Waals surface area contributed by atoms with Gasteiger partial charge in [0.15, 0.2) is 5.65 Å². The van der Waals surface area contributed by atoms with Crippen LogP contribution in [0.2, 0.25) is 0 Å². The molecule has 2 fully saturated rings. The number of hydrogen-bond acceptors (Lipinski definition) is 5. The summed E-state index contributed by atoms with van der Waals surface area (Å²) >= 11 is 0. The molecule has 2 N–H and O–H groups in total. The molecule has 208 valence electrons. The molecule has 7 nitrogen and oxygen atoms in total. The number of fused-ring (bicyclic) bond motifs is 1. The second-order valence-corrected chi connectivity index (χ2v) is 11.1. The minimum Gasteiger partial charge on any atom is -0.300 e. The number of pyridine rings is 1. The molecule has 1 saturated heterocycles. The summed E-state index contributed by atoms with van der Waals surface area (Å²) in [6, 6.07) is 6.78. The molecule has 0 amide bonds. The third-order valence-corrected chi connectivity index (χ3v) is 7.89. The number of rotatable bonds is 7. The number of hydrogen-bond donors (Lipinski definition) is 2. The van der Waals surface area contributed by atoms with Crippen LogP contribution in [-0.4, -0.2) is 40.8 Å². The number of likely N-dealkylation sites (tertiary alicyclic amines) is 1. The Hall–Kier alpha value is -3.40. The standard InChI is InChI=1S/C29H35F3N6O/c1-18-5-4-8-37(14-18)15-20-11-25(29(30,31)32)27-34-13-24(28(39)38(27)16-20)21-6-7-26(36-35-17-33-3)23(12-21)22-9-19(2)10-22/h6-7,11-13,16-19,22,36H,4-5,8-10,14-15H2,1-3H3,(H,33,35)/t18-,19?,22?/m0/s1. The van der Waals surface area contributed by atoms with Gasteiger partial charge in [0.1, 0.15) is 6.34 Å². The summed E-state index contributed by atoms with van der Waals surface area (Å²) in [4.78, 5) is 24.0. The minimum atomic E-state index is -4.63. The van der Waals surface area contributed by atoms with Crippen molar-refractivity contribution in [3.8, 4) is 11.1 Å². The lowest BCUT2D eigenvalue weighted by atomic mass is 9.71. The average molecular weight is 541 g/mol. The van der Waals surface area contributed by atoms with Crippen LogP contribution in [0.3, 0.4) is 0 Å². The van der Waals surface area contributed by atoms with Crippen LogP contribution in [0.25, 0.3) is 16.8 Å². The van der Waals surface area contributed by atoms with Crippen molar-refractivity contribution in [2.75, 3.05) is 25.6 Å². The summed E-state index contributed by atoms with van der Waals surface area (Å²) in [7, 11) is 1.66. The molecule has 0 radical (unpaired) electrons.